The van der Waals surface area contributed by atoms with Crippen LogP contribution in [0.2, 0.25) is 0 Å². The number of benzene rings is 3. The molecule has 0 N–H and O–H groups in total. The third-order valence-electron chi connectivity index (χ3n) is 4.50. The van der Waals surface area contributed by atoms with Gasteiger partial charge < -0.3 is 0 Å². The molecule has 0 unspecified atom stereocenters. The Morgan fingerprint density at radius 1 is 0.750 bits per heavy atom. The molecule has 1 aromatic heterocycles. The van der Waals surface area contributed by atoms with Crippen molar-refractivity contribution in [3.8, 4) is 11.3 Å². The number of rotatable bonds is 7. The molecule has 4 rings (SSSR count). The Kier molecular flexibility index (Phi) is 5.54. The molecule has 0 spiro atoms. The zero-order valence-electron chi connectivity index (χ0n) is 15.4. The molecule has 0 saturated heterocycles. The van der Waals surface area contributed by atoms with Crippen molar-refractivity contribution < 1.29 is 4.39 Å². The van der Waals surface area contributed by atoms with Crippen molar-refractivity contribution in [3.05, 3.63) is 108 Å². The fourth-order valence-corrected chi connectivity index (χ4v) is 3.14. The second-order valence-corrected chi connectivity index (χ2v) is 6.71. The monoisotopic (exact) mass is 372 g/mol. The molecule has 0 aliphatic carbocycles. The topological polar surface area (TPSA) is 34.0 Å². The minimum Gasteiger partial charge on any atom is -0.274 e. The van der Waals surface area contributed by atoms with Crippen LogP contribution >= 0.6 is 0 Å². The molecule has 5 heteroatoms. The second-order valence-electron chi connectivity index (χ2n) is 6.71. The van der Waals surface area contributed by atoms with E-state index in [0.717, 1.165) is 24.3 Å². The van der Waals surface area contributed by atoms with Gasteiger partial charge in [0, 0.05) is 18.7 Å². The highest BCUT2D eigenvalue weighted by molar-refractivity contribution is 5.57. The van der Waals surface area contributed by atoms with Crippen LogP contribution in [0.4, 0.5) is 4.39 Å². The van der Waals surface area contributed by atoms with Crippen LogP contribution in [0.1, 0.15) is 11.1 Å². The van der Waals surface area contributed by atoms with Gasteiger partial charge >= 0.3 is 0 Å². The molecule has 0 atom stereocenters. The van der Waals surface area contributed by atoms with Crippen molar-refractivity contribution in [1.82, 2.24) is 19.9 Å². The van der Waals surface area contributed by atoms with E-state index in [-0.39, 0.29) is 5.82 Å². The average molecular weight is 372 g/mol. The lowest BCUT2D eigenvalue weighted by molar-refractivity contribution is 0.177. The summed E-state index contributed by atoms with van der Waals surface area (Å²) in [6, 6.07) is 27.0. The molecule has 0 aliphatic heterocycles. The highest BCUT2D eigenvalue weighted by Gasteiger charge is 2.11. The van der Waals surface area contributed by atoms with E-state index in [1.165, 1.54) is 23.3 Å². The summed E-state index contributed by atoms with van der Waals surface area (Å²) in [6.07, 6.45) is 1.72. The first-order valence-electron chi connectivity index (χ1n) is 9.22. The van der Waals surface area contributed by atoms with Gasteiger partial charge in [-0.25, -0.2) is 4.39 Å². The summed E-state index contributed by atoms with van der Waals surface area (Å²) in [5.41, 5.74) is 4.07. The van der Waals surface area contributed by atoms with E-state index in [4.69, 9.17) is 0 Å². The Hall–Kier alpha value is -3.31. The van der Waals surface area contributed by atoms with Crippen molar-refractivity contribution >= 4 is 0 Å². The molecule has 0 aliphatic rings. The van der Waals surface area contributed by atoms with Gasteiger partial charge in [-0.3, -0.25) is 4.90 Å². The van der Waals surface area contributed by atoms with Gasteiger partial charge in [0.1, 0.15) is 18.2 Å². The maximum absolute atomic E-state index is 13.1. The van der Waals surface area contributed by atoms with Gasteiger partial charge in [-0.15, -0.1) is 0 Å². The molecule has 0 radical (unpaired) electrons. The minimum absolute atomic E-state index is 0.256. The lowest BCUT2D eigenvalue weighted by Gasteiger charge is -2.22. The van der Waals surface area contributed by atoms with Crippen molar-refractivity contribution in [3.63, 3.8) is 0 Å². The number of aromatic nitrogens is 3. The van der Waals surface area contributed by atoms with Crippen LogP contribution in [0.3, 0.4) is 0 Å². The first-order valence-corrected chi connectivity index (χ1v) is 9.22. The number of halogens is 1. The average Bonchev–Trinajstić information content (AvgIpc) is 3.18. The van der Waals surface area contributed by atoms with E-state index < -0.39 is 0 Å². The van der Waals surface area contributed by atoms with Gasteiger partial charge in [0.2, 0.25) is 0 Å². The summed E-state index contributed by atoms with van der Waals surface area (Å²) < 4.78 is 13.1. The van der Waals surface area contributed by atoms with Crippen LogP contribution in [0.5, 0.6) is 0 Å². The van der Waals surface area contributed by atoms with E-state index >= 15 is 0 Å². The van der Waals surface area contributed by atoms with Crippen molar-refractivity contribution in [1.29, 1.82) is 0 Å². The Morgan fingerprint density at radius 3 is 1.89 bits per heavy atom. The molecule has 140 valence electrons. The SMILES string of the molecule is Fc1ccc(-c2cnn(CN(Cc3ccccc3)Cc3ccccc3)n2)cc1. The van der Waals surface area contributed by atoms with Crippen LogP contribution in [-0.4, -0.2) is 19.9 Å². The Balaban J connectivity index is 1.52. The Labute approximate surface area is 163 Å². The van der Waals surface area contributed by atoms with Gasteiger partial charge in [0.05, 0.1) is 6.20 Å². The molecule has 0 fully saturated rings. The van der Waals surface area contributed by atoms with E-state index in [0.29, 0.717) is 6.67 Å². The lowest BCUT2D eigenvalue weighted by Crippen LogP contribution is -2.27. The van der Waals surface area contributed by atoms with E-state index in [2.05, 4.69) is 63.6 Å². The largest absolute Gasteiger partial charge is 0.274 e. The number of hydrogen-bond donors (Lipinski definition) is 0. The third-order valence-corrected chi connectivity index (χ3v) is 4.50. The minimum atomic E-state index is -0.256. The molecule has 0 saturated carbocycles. The molecule has 4 nitrogen and oxygen atoms in total. The molecule has 28 heavy (non-hydrogen) atoms. The predicted octanol–water partition coefficient (Wildman–Crippen LogP) is 4.74. The molecule has 1 heterocycles. The highest BCUT2D eigenvalue weighted by atomic mass is 19.1. The third kappa shape index (κ3) is 4.69. The summed E-state index contributed by atoms with van der Waals surface area (Å²) in [7, 11) is 0. The standard InChI is InChI=1S/C23H21FN4/c24-22-13-11-21(12-14-22)23-15-25-28(26-23)18-27(16-19-7-3-1-4-8-19)17-20-9-5-2-6-10-20/h1-15H,16-18H2. The fraction of sp³-hybridized carbons (Fsp3) is 0.130. The molecular weight excluding hydrogens is 351 g/mol. The van der Waals surface area contributed by atoms with Crippen LogP contribution in [0.15, 0.2) is 91.1 Å². The van der Waals surface area contributed by atoms with Crippen LogP contribution in [0.25, 0.3) is 11.3 Å². The summed E-state index contributed by atoms with van der Waals surface area (Å²) in [5.74, 6) is -0.256. The van der Waals surface area contributed by atoms with Gasteiger partial charge in [-0.1, -0.05) is 60.7 Å². The van der Waals surface area contributed by atoms with Crippen LogP contribution in [0, 0.1) is 5.82 Å². The van der Waals surface area contributed by atoms with Crippen molar-refractivity contribution in [2.24, 2.45) is 0 Å². The van der Waals surface area contributed by atoms with Crippen molar-refractivity contribution in [2.75, 3.05) is 0 Å². The van der Waals surface area contributed by atoms with Gasteiger partial charge in [-0.2, -0.15) is 15.0 Å². The lowest BCUT2D eigenvalue weighted by atomic mass is 10.2. The summed E-state index contributed by atoms with van der Waals surface area (Å²) >= 11 is 0. The van der Waals surface area contributed by atoms with E-state index in [1.54, 1.807) is 23.1 Å². The van der Waals surface area contributed by atoms with Gasteiger partial charge in [-0.05, 0) is 35.4 Å². The van der Waals surface area contributed by atoms with Crippen molar-refractivity contribution in [2.45, 2.75) is 19.8 Å². The van der Waals surface area contributed by atoms with E-state index in [9.17, 15) is 4.39 Å². The second kappa shape index (κ2) is 8.59. The molecular formula is C23H21FN4. The zero-order chi connectivity index (χ0) is 19.2. The quantitative estimate of drug-likeness (QED) is 0.470. The number of hydrogen-bond acceptors (Lipinski definition) is 3. The number of nitrogens with zero attached hydrogens (tertiary/aromatic N) is 4. The maximum atomic E-state index is 13.1. The Bertz CT molecular complexity index is 956. The van der Waals surface area contributed by atoms with Gasteiger partial charge in [0.15, 0.2) is 0 Å². The maximum Gasteiger partial charge on any atom is 0.123 e. The zero-order valence-corrected chi connectivity index (χ0v) is 15.4. The molecule has 3 aromatic carbocycles. The van der Waals surface area contributed by atoms with Gasteiger partial charge in [0.25, 0.3) is 0 Å². The van der Waals surface area contributed by atoms with Crippen LogP contribution < -0.4 is 0 Å². The molecule has 0 bridgehead atoms. The first-order chi connectivity index (χ1) is 13.8. The fourth-order valence-electron chi connectivity index (χ4n) is 3.14. The summed E-state index contributed by atoms with van der Waals surface area (Å²) in [5, 5.41) is 8.98. The van der Waals surface area contributed by atoms with E-state index in [1.807, 2.05) is 12.1 Å². The molecule has 0 amide bonds. The first kappa shape index (κ1) is 18.1. The summed E-state index contributed by atoms with van der Waals surface area (Å²) in [4.78, 5) is 3.98. The van der Waals surface area contributed by atoms with Crippen LogP contribution in [-0.2, 0) is 19.8 Å². The smallest absolute Gasteiger partial charge is 0.123 e. The normalized spacial score (nSPS) is 11.1. The summed E-state index contributed by atoms with van der Waals surface area (Å²) in [6.45, 7) is 2.15. The Morgan fingerprint density at radius 2 is 1.32 bits per heavy atom. The highest BCUT2D eigenvalue weighted by Crippen LogP contribution is 2.17. The predicted molar refractivity (Wildman–Crippen MR) is 108 cm³/mol. The molecule has 4 aromatic rings.